The van der Waals surface area contributed by atoms with Gasteiger partial charge in [-0.1, -0.05) is 6.92 Å². The Labute approximate surface area is 118 Å². The Hall–Kier alpha value is -1.39. The van der Waals surface area contributed by atoms with Crippen LogP contribution in [-0.4, -0.2) is 11.5 Å². The summed E-state index contributed by atoms with van der Waals surface area (Å²) in [5.41, 5.74) is 9.64. The van der Waals surface area contributed by atoms with Crippen LogP contribution in [0.25, 0.3) is 0 Å². The Balaban J connectivity index is 1.77. The Morgan fingerprint density at radius 3 is 3.05 bits per heavy atom. The molecule has 2 aromatic heterocycles. The molecular formula is C15H19N3S. The van der Waals surface area contributed by atoms with Crippen LogP contribution in [-0.2, 0) is 13.0 Å². The van der Waals surface area contributed by atoms with Crippen LogP contribution in [0.2, 0.25) is 0 Å². The number of nitrogens with two attached hydrogens (primary N) is 1. The number of thiophene rings is 1. The molecule has 2 aromatic rings. The first kappa shape index (κ1) is 12.6. The maximum atomic E-state index is 6.00. The number of hydrogen-bond acceptors (Lipinski definition) is 4. The molecule has 0 saturated heterocycles. The number of hydrogen-bond donors (Lipinski definition) is 1. The van der Waals surface area contributed by atoms with Crippen molar-refractivity contribution in [2.45, 2.75) is 32.4 Å². The smallest absolute Gasteiger partial charge is 0.0572 e. The van der Waals surface area contributed by atoms with E-state index in [1.165, 1.54) is 16.1 Å². The number of pyridine rings is 1. The lowest BCUT2D eigenvalue weighted by atomic mass is 10.1. The lowest BCUT2D eigenvalue weighted by Crippen LogP contribution is -2.29. The lowest BCUT2D eigenvalue weighted by molar-refractivity contribution is 0.673. The highest BCUT2D eigenvalue weighted by Crippen LogP contribution is 2.27. The van der Waals surface area contributed by atoms with Gasteiger partial charge in [0.1, 0.15) is 0 Å². The number of aromatic nitrogens is 1. The topological polar surface area (TPSA) is 42.1 Å². The van der Waals surface area contributed by atoms with E-state index >= 15 is 0 Å². The molecule has 2 N–H and O–H groups in total. The Morgan fingerprint density at radius 1 is 1.42 bits per heavy atom. The minimum absolute atomic E-state index is 0.0545. The molecule has 19 heavy (non-hydrogen) atoms. The molecule has 3 rings (SSSR count). The van der Waals surface area contributed by atoms with Gasteiger partial charge in [-0.3, -0.25) is 4.98 Å². The van der Waals surface area contributed by atoms with Crippen LogP contribution in [0.4, 0.5) is 5.69 Å². The molecule has 1 aliphatic heterocycles. The van der Waals surface area contributed by atoms with Crippen LogP contribution < -0.4 is 10.6 Å². The average molecular weight is 273 g/mol. The van der Waals surface area contributed by atoms with E-state index in [-0.39, 0.29) is 6.04 Å². The van der Waals surface area contributed by atoms with Gasteiger partial charge in [-0.2, -0.15) is 0 Å². The highest BCUT2D eigenvalue weighted by Gasteiger charge is 2.17. The molecule has 0 aromatic carbocycles. The fraction of sp³-hybridized carbons (Fsp3) is 0.400. The summed E-state index contributed by atoms with van der Waals surface area (Å²) < 4.78 is 0. The predicted molar refractivity (Wildman–Crippen MR) is 80.5 cm³/mol. The summed E-state index contributed by atoms with van der Waals surface area (Å²) in [7, 11) is 0. The van der Waals surface area contributed by atoms with Crippen LogP contribution >= 0.6 is 11.3 Å². The fourth-order valence-electron chi connectivity index (χ4n) is 2.48. The minimum Gasteiger partial charge on any atom is -0.366 e. The van der Waals surface area contributed by atoms with Gasteiger partial charge in [0.25, 0.3) is 0 Å². The maximum absolute atomic E-state index is 6.00. The van der Waals surface area contributed by atoms with Gasteiger partial charge in [0.05, 0.1) is 17.6 Å². The zero-order chi connectivity index (χ0) is 13.2. The van der Waals surface area contributed by atoms with E-state index in [1.54, 1.807) is 0 Å². The molecule has 0 spiro atoms. The fourth-order valence-corrected chi connectivity index (χ4v) is 3.37. The van der Waals surface area contributed by atoms with Crippen molar-refractivity contribution in [1.82, 2.24) is 4.98 Å². The van der Waals surface area contributed by atoms with Gasteiger partial charge in [-0.15, -0.1) is 11.3 Å². The van der Waals surface area contributed by atoms with Gasteiger partial charge in [-0.05, 0) is 42.0 Å². The zero-order valence-electron chi connectivity index (χ0n) is 11.2. The molecule has 1 aliphatic rings. The normalized spacial score (nSPS) is 16.2. The van der Waals surface area contributed by atoms with Crippen molar-refractivity contribution >= 4 is 17.0 Å². The number of anilines is 1. The summed E-state index contributed by atoms with van der Waals surface area (Å²) in [4.78, 5) is 8.43. The van der Waals surface area contributed by atoms with E-state index in [0.29, 0.717) is 0 Å². The van der Waals surface area contributed by atoms with Crippen molar-refractivity contribution in [1.29, 1.82) is 0 Å². The van der Waals surface area contributed by atoms with Gasteiger partial charge in [0.2, 0.25) is 0 Å². The van der Waals surface area contributed by atoms with Gasteiger partial charge in [-0.25, -0.2) is 0 Å². The summed E-state index contributed by atoms with van der Waals surface area (Å²) in [6.45, 7) is 4.16. The van der Waals surface area contributed by atoms with Crippen molar-refractivity contribution in [3.8, 4) is 0 Å². The third-order valence-electron chi connectivity index (χ3n) is 3.76. The monoisotopic (exact) mass is 273 g/mol. The summed E-state index contributed by atoms with van der Waals surface area (Å²) in [5.74, 6) is 0. The van der Waals surface area contributed by atoms with E-state index in [0.717, 1.165) is 31.6 Å². The maximum Gasteiger partial charge on any atom is 0.0572 e. The second-order valence-corrected chi connectivity index (χ2v) is 6.00. The van der Waals surface area contributed by atoms with Gasteiger partial charge >= 0.3 is 0 Å². The van der Waals surface area contributed by atoms with Crippen molar-refractivity contribution in [2.75, 3.05) is 11.4 Å². The predicted octanol–water partition coefficient (Wildman–Crippen LogP) is 3.12. The number of fused-ring (bicyclic) bond motifs is 1. The van der Waals surface area contributed by atoms with Crippen LogP contribution in [0.5, 0.6) is 0 Å². The van der Waals surface area contributed by atoms with E-state index in [4.69, 9.17) is 5.73 Å². The quantitative estimate of drug-likeness (QED) is 0.934. The first-order valence-corrected chi connectivity index (χ1v) is 7.67. The summed E-state index contributed by atoms with van der Waals surface area (Å²) in [5, 5.41) is 2.19. The molecule has 0 aliphatic carbocycles. The van der Waals surface area contributed by atoms with Crippen molar-refractivity contribution in [3.63, 3.8) is 0 Å². The molecule has 0 amide bonds. The largest absolute Gasteiger partial charge is 0.366 e. The zero-order valence-corrected chi connectivity index (χ0v) is 12.0. The van der Waals surface area contributed by atoms with Crippen molar-refractivity contribution < 1.29 is 0 Å². The third kappa shape index (κ3) is 2.51. The first-order valence-electron chi connectivity index (χ1n) is 6.79. The SMILES string of the molecule is CC[C@H](N)c1ccc(N2CCc3sccc3C2)cn1. The van der Waals surface area contributed by atoms with Crippen molar-refractivity contribution in [3.05, 3.63) is 45.9 Å². The van der Waals surface area contributed by atoms with E-state index in [1.807, 2.05) is 17.5 Å². The highest BCUT2D eigenvalue weighted by atomic mass is 32.1. The molecule has 0 radical (unpaired) electrons. The summed E-state index contributed by atoms with van der Waals surface area (Å²) in [6.07, 6.45) is 4.03. The van der Waals surface area contributed by atoms with Crippen LogP contribution in [0, 0.1) is 0 Å². The van der Waals surface area contributed by atoms with Crippen LogP contribution in [0.15, 0.2) is 29.8 Å². The molecule has 4 heteroatoms. The van der Waals surface area contributed by atoms with Crippen LogP contribution in [0.1, 0.15) is 35.5 Å². The molecule has 0 unspecified atom stereocenters. The van der Waals surface area contributed by atoms with Gasteiger partial charge in [0, 0.05) is 24.0 Å². The Morgan fingerprint density at radius 2 is 2.32 bits per heavy atom. The molecule has 1 atom stereocenters. The lowest BCUT2D eigenvalue weighted by Gasteiger charge is -2.29. The van der Waals surface area contributed by atoms with Gasteiger partial charge in [0.15, 0.2) is 0 Å². The molecule has 3 heterocycles. The molecular weight excluding hydrogens is 254 g/mol. The number of rotatable bonds is 3. The molecule has 0 saturated carbocycles. The summed E-state index contributed by atoms with van der Waals surface area (Å²) >= 11 is 1.87. The molecule has 3 nitrogen and oxygen atoms in total. The van der Waals surface area contributed by atoms with Crippen molar-refractivity contribution in [2.24, 2.45) is 5.73 Å². The minimum atomic E-state index is 0.0545. The average Bonchev–Trinajstić information content (AvgIpc) is 2.94. The Kier molecular flexibility index (Phi) is 3.53. The molecule has 100 valence electrons. The Bertz CT molecular complexity index is 547. The van der Waals surface area contributed by atoms with Gasteiger partial charge < -0.3 is 10.6 Å². The summed E-state index contributed by atoms with van der Waals surface area (Å²) in [6, 6.07) is 6.50. The second-order valence-electron chi connectivity index (χ2n) is 5.00. The second kappa shape index (κ2) is 5.31. The molecule has 0 fully saturated rings. The van der Waals surface area contributed by atoms with E-state index < -0.39 is 0 Å². The highest BCUT2D eigenvalue weighted by molar-refractivity contribution is 7.10. The van der Waals surface area contributed by atoms with E-state index in [9.17, 15) is 0 Å². The van der Waals surface area contributed by atoms with E-state index in [2.05, 4.69) is 40.4 Å². The first-order chi connectivity index (χ1) is 9.28. The third-order valence-corrected chi connectivity index (χ3v) is 4.79. The number of nitrogens with zero attached hydrogens (tertiary/aromatic N) is 2. The molecule has 0 bridgehead atoms. The standard InChI is InChI=1S/C15H19N3S/c1-2-13(16)14-4-3-12(9-17-14)18-7-5-15-11(10-18)6-8-19-15/h3-4,6,8-9,13H,2,5,7,10,16H2,1H3/t13-/m0/s1. The van der Waals surface area contributed by atoms with Crippen LogP contribution in [0.3, 0.4) is 0 Å².